The van der Waals surface area contributed by atoms with Gasteiger partial charge in [0.05, 0.1) is 6.34 Å². The molecule has 0 fully saturated rings. The molecule has 0 aromatic carbocycles. The molecule has 90 valence electrons. The monoisotopic (exact) mass is 231 g/mol. The summed E-state index contributed by atoms with van der Waals surface area (Å²) < 4.78 is 0. The van der Waals surface area contributed by atoms with Gasteiger partial charge in [0.25, 0.3) is 0 Å². The molecule has 0 saturated heterocycles. The maximum atomic E-state index is 10.7. The second-order valence-corrected chi connectivity index (χ2v) is 2.87. The third kappa shape index (κ3) is 5.58. The number of nitrogens with zero attached hydrogens (tertiary/aromatic N) is 1. The lowest BCUT2D eigenvalue weighted by atomic mass is 10.1. The number of carbonyl (C=O) groups excluding carboxylic acids is 1. The fourth-order valence-electron chi connectivity index (χ4n) is 0.939. The molecule has 0 aromatic rings. The smallest absolute Gasteiger partial charge is 0.394 e. The van der Waals surface area contributed by atoms with Gasteiger partial charge in [-0.1, -0.05) is 0 Å². The lowest BCUT2D eigenvalue weighted by Crippen LogP contribution is -2.43. The third-order valence-electron chi connectivity index (χ3n) is 1.68. The van der Waals surface area contributed by atoms with Crippen molar-refractivity contribution in [1.29, 1.82) is 0 Å². The van der Waals surface area contributed by atoms with Gasteiger partial charge in [-0.15, -0.1) is 0 Å². The molecule has 0 bridgehead atoms. The number of carboxylic acids is 2. The summed E-state index contributed by atoms with van der Waals surface area (Å²) in [7, 11) is 0. The number of amides is 1. The molecule has 0 saturated carbocycles. The van der Waals surface area contributed by atoms with E-state index < -0.39 is 23.9 Å². The number of nitrogens with two attached hydrogens (primary N) is 1. The standard InChI is InChI=1S/C8H13N3O5/c9-4-10-3-1-2-5(7(13)14)11-6(12)8(15)16/h4-5H,1-3H2,(H2,9,10)(H,11,12)(H,13,14)(H,15,16). The summed E-state index contributed by atoms with van der Waals surface area (Å²) in [6.45, 7) is 0.323. The number of rotatable bonds is 6. The first-order valence-corrected chi connectivity index (χ1v) is 4.45. The Morgan fingerprint density at radius 3 is 2.44 bits per heavy atom. The molecule has 0 aromatic heterocycles. The van der Waals surface area contributed by atoms with Gasteiger partial charge >= 0.3 is 17.8 Å². The normalized spacial score (nSPS) is 12.2. The molecule has 0 radical (unpaired) electrons. The second kappa shape index (κ2) is 7.21. The van der Waals surface area contributed by atoms with E-state index in [4.69, 9.17) is 15.9 Å². The average molecular weight is 231 g/mol. The summed E-state index contributed by atoms with van der Waals surface area (Å²) in [6.07, 6.45) is 1.56. The Bertz CT molecular complexity index is 302. The highest BCUT2D eigenvalue weighted by atomic mass is 16.4. The molecule has 0 aliphatic carbocycles. The maximum Gasteiger partial charge on any atom is 0.394 e. The van der Waals surface area contributed by atoms with Crippen molar-refractivity contribution in [3.8, 4) is 0 Å². The maximum absolute atomic E-state index is 10.7. The number of hydrogen-bond donors (Lipinski definition) is 4. The van der Waals surface area contributed by atoms with Crippen LogP contribution in [-0.2, 0) is 14.4 Å². The second-order valence-electron chi connectivity index (χ2n) is 2.87. The van der Waals surface area contributed by atoms with Gasteiger partial charge in [0.1, 0.15) is 6.04 Å². The van der Waals surface area contributed by atoms with Crippen LogP contribution in [0.3, 0.4) is 0 Å². The van der Waals surface area contributed by atoms with Crippen LogP contribution < -0.4 is 11.1 Å². The van der Waals surface area contributed by atoms with E-state index >= 15 is 0 Å². The Kier molecular flexibility index (Phi) is 6.25. The zero-order valence-electron chi connectivity index (χ0n) is 8.42. The van der Waals surface area contributed by atoms with Gasteiger partial charge in [0.15, 0.2) is 0 Å². The molecule has 8 heteroatoms. The summed E-state index contributed by atoms with van der Waals surface area (Å²) in [5.74, 6) is -4.34. The number of aliphatic imine (C=N–C) groups is 1. The van der Waals surface area contributed by atoms with E-state index in [-0.39, 0.29) is 6.42 Å². The van der Waals surface area contributed by atoms with Crippen LogP contribution in [0.4, 0.5) is 0 Å². The van der Waals surface area contributed by atoms with E-state index in [1.54, 1.807) is 0 Å². The van der Waals surface area contributed by atoms with Crippen molar-refractivity contribution < 1.29 is 24.6 Å². The molecule has 16 heavy (non-hydrogen) atoms. The van der Waals surface area contributed by atoms with E-state index in [0.717, 1.165) is 6.34 Å². The van der Waals surface area contributed by atoms with Crippen LogP contribution in [-0.4, -0.2) is 47.0 Å². The number of hydrogen-bond acceptors (Lipinski definition) is 4. The third-order valence-corrected chi connectivity index (χ3v) is 1.68. The van der Waals surface area contributed by atoms with E-state index in [1.165, 1.54) is 0 Å². The Morgan fingerprint density at radius 2 is 2.00 bits per heavy atom. The Hall–Kier alpha value is -2.12. The predicted octanol–water partition coefficient (Wildman–Crippen LogP) is -1.59. The van der Waals surface area contributed by atoms with Gasteiger partial charge in [0, 0.05) is 6.54 Å². The number of aliphatic carboxylic acids is 2. The van der Waals surface area contributed by atoms with Crippen molar-refractivity contribution in [2.75, 3.05) is 6.54 Å². The lowest BCUT2D eigenvalue weighted by Gasteiger charge is -2.11. The molecule has 1 unspecified atom stereocenters. The summed E-state index contributed by atoms with van der Waals surface area (Å²) in [4.78, 5) is 35.2. The summed E-state index contributed by atoms with van der Waals surface area (Å²) in [5, 5.41) is 18.8. The molecule has 0 heterocycles. The predicted molar refractivity (Wildman–Crippen MR) is 54.0 cm³/mol. The Labute approximate surface area is 91.2 Å². The van der Waals surface area contributed by atoms with Crippen molar-refractivity contribution in [2.45, 2.75) is 18.9 Å². The van der Waals surface area contributed by atoms with Crippen molar-refractivity contribution in [1.82, 2.24) is 5.32 Å². The van der Waals surface area contributed by atoms with Crippen LogP contribution in [0, 0.1) is 0 Å². The first-order chi connectivity index (χ1) is 7.49. The zero-order chi connectivity index (χ0) is 12.6. The highest BCUT2D eigenvalue weighted by Gasteiger charge is 2.22. The SMILES string of the molecule is NC=NCCCC(NC(=O)C(=O)O)C(=O)O. The van der Waals surface area contributed by atoms with Crippen molar-refractivity contribution in [2.24, 2.45) is 10.7 Å². The van der Waals surface area contributed by atoms with Gasteiger partial charge in [0.2, 0.25) is 0 Å². The van der Waals surface area contributed by atoms with Gasteiger partial charge in [-0.05, 0) is 12.8 Å². The molecular weight excluding hydrogens is 218 g/mol. The minimum atomic E-state index is -1.72. The van der Waals surface area contributed by atoms with Gasteiger partial charge in [-0.3, -0.25) is 9.79 Å². The van der Waals surface area contributed by atoms with Crippen molar-refractivity contribution in [3.63, 3.8) is 0 Å². The van der Waals surface area contributed by atoms with Crippen molar-refractivity contribution in [3.05, 3.63) is 0 Å². The van der Waals surface area contributed by atoms with E-state index in [0.29, 0.717) is 13.0 Å². The topological polar surface area (TPSA) is 142 Å². The quantitative estimate of drug-likeness (QED) is 0.188. The lowest BCUT2D eigenvalue weighted by molar-refractivity contribution is -0.152. The fourth-order valence-corrected chi connectivity index (χ4v) is 0.939. The Balaban J connectivity index is 4.13. The molecule has 1 amide bonds. The number of nitrogens with one attached hydrogen (secondary N) is 1. The zero-order valence-corrected chi connectivity index (χ0v) is 8.42. The van der Waals surface area contributed by atoms with Gasteiger partial charge in [-0.25, -0.2) is 9.59 Å². The fraction of sp³-hybridized carbons (Fsp3) is 0.500. The minimum absolute atomic E-state index is 0.0890. The molecule has 8 nitrogen and oxygen atoms in total. The molecule has 0 aliphatic heterocycles. The molecule has 0 spiro atoms. The van der Waals surface area contributed by atoms with Gasteiger partial charge < -0.3 is 21.3 Å². The van der Waals surface area contributed by atoms with Crippen LogP contribution in [0.15, 0.2) is 4.99 Å². The van der Waals surface area contributed by atoms with Crippen molar-refractivity contribution >= 4 is 24.2 Å². The van der Waals surface area contributed by atoms with Crippen LogP contribution in [0.1, 0.15) is 12.8 Å². The highest BCUT2D eigenvalue weighted by Crippen LogP contribution is 1.98. The highest BCUT2D eigenvalue weighted by molar-refractivity contribution is 6.31. The number of carbonyl (C=O) groups is 3. The molecule has 1 atom stereocenters. The van der Waals surface area contributed by atoms with Crippen LogP contribution in [0.2, 0.25) is 0 Å². The van der Waals surface area contributed by atoms with E-state index in [2.05, 4.69) is 4.99 Å². The molecule has 0 aliphatic rings. The molecular formula is C8H13N3O5. The Morgan fingerprint density at radius 1 is 1.38 bits per heavy atom. The number of carboxylic acid groups (broad SMARTS) is 2. The summed E-state index contributed by atoms with van der Waals surface area (Å²) >= 11 is 0. The first-order valence-electron chi connectivity index (χ1n) is 4.45. The average Bonchev–Trinajstić information content (AvgIpc) is 2.21. The van der Waals surface area contributed by atoms with E-state index in [1.807, 2.05) is 5.32 Å². The van der Waals surface area contributed by atoms with Crippen LogP contribution in [0.5, 0.6) is 0 Å². The van der Waals surface area contributed by atoms with Crippen LogP contribution >= 0.6 is 0 Å². The van der Waals surface area contributed by atoms with E-state index in [9.17, 15) is 14.4 Å². The first kappa shape index (κ1) is 13.9. The minimum Gasteiger partial charge on any atom is -0.480 e. The largest absolute Gasteiger partial charge is 0.480 e. The molecule has 5 N–H and O–H groups in total. The summed E-state index contributed by atoms with van der Waals surface area (Å²) in [5.41, 5.74) is 4.97. The van der Waals surface area contributed by atoms with Gasteiger partial charge in [-0.2, -0.15) is 0 Å². The van der Waals surface area contributed by atoms with Crippen LogP contribution in [0.25, 0.3) is 0 Å². The summed E-state index contributed by atoms with van der Waals surface area (Å²) in [6, 6.07) is -1.23. The molecule has 0 rings (SSSR count).